The molecule has 0 aliphatic heterocycles. The fourth-order valence-electron chi connectivity index (χ4n) is 1.57. The molecule has 0 heterocycles. The molecule has 0 saturated carbocycles. The summed E-state index contributed by atoms with van der Waals surface area (Å²) in [6.45, 7) is -0.487. The Morgan fingerprint density at radius 1 is 1.00 bits per heavy atom. The fourth-order valence-corrected chi connectivity index (χ4v) is 2.39. The predicted octanol–water partition coefficient (Wildman–Crippen LogP) is 5.24. The van der Waals surface area contributed by atoms with Gasteiger partial charge in [-0.3, -0.25) is 0 Å². The maximum absolute atomic E-state index is 12.7. The molecule has 0 spiro atoms. The van der Waals surface area contributed by atoms with E-state index in [9.17, 15) is 4.39 Å². The van der Waals surface area contributed by atoms with E-state index in [4.69, 9.17) is 11.6 Å². The molecule has 2 rings (SSSR count). The molecule has 0 aliphatic carbocycles. The molecule has 2 aromatic carbocycles. The first-order valence-electron chi connectivity index (χ1n) is 4.82. The van der Waals surface area contributed by atoms with Gasteiger partial charge in [-0.1, -0.05) is 48.0 Å². The van der Waals surface area contributed by atoms with E-state index in [-0.39, 0.29) is 0 Å². The van der Waals surface area contributed by atoms with Crippen molar-refractivity contribution in [3.05, 3.63) is 57.5 Å². The van der Waals surface area contributed by atoms with Gasteiger partial charge in [0.2, 0.25) is 0 Å². The van der Waals surface area contributed by atoms with E-state index in [0.717, 1.165) is 15.6 Å². The zero-order valence-corrected chi connectivity index (χ0v) is 10.7. The third-order valence-corrected chi connectivity index (χ3v) is 3.65. The molecule has 16 heavy (non-hydrogen) atoms. The first kappa shape index (κ1) is 11.6. The van der Waals surface area contributed by atoms with Crippen molar-refractivity contribution in [2.75, 3.05) is 0 Å². The Hall–Kier alpha value is -0.860. The second-order valence-electron chi connectivity index (χ2n) is 3.39. The highest BCUT2D eigenvalue weighted by atomic mass is 79.9. The third kappa shape index (κ3) is 2.13. The van der Waals surface area contributed by atoms with Crippen molar-refractivity contribution in [3.63, 3.8) is 0 Å². The zero-order valence-electron chi connectivity index (χ0n) is 8.38. The molecule has 3 heteroatoms. The van der Waals surface area contributed by atoms with Crippen molar-refractivity contribution in [2.24, 2.45) is 0 Å². The maximum atomic E-state index is 12.7. The minimum atomic E-state index is -0.487. The standard InChI is InChI=1S/C13H9BrClF/c14-13-9(8-16)4-3-6-11(13)10-5-1-2-7-12(10)15/h1-7H,8H2. The van der Waals surface area contributed by atoms with Crippen molar-refractivity contribution in [3.8, 4) is 11.1 Å². The van der Waals surface area contributed by atoms with Gasteiger partial charge >= 0.3 is 0 Å². The van der Waals surface area contributed by atoms with Gasteiger partial charge in [-0.15, -0.1) is 0 Å². The normalized spacial score (nSPS) is 10.4. The van der Waals surface area contributed by atoms with Crippen molar-refractivity contribution in [1.29, 1.82) is 0 Å². The fraction of sp³-hybridized carbons (Fsp3) is 0.0769. The summed E-state index contributed by atoms with van der Waals surface area (Å²) in [6, 6.07) is 13.0. The summed E-state index contributed by atoms with van der Waals surface area (Å²) in [7, 11) is 0. The van der Waals surface area contributed by atoms with E-state index in [1.165, 1.54) is 0 Å². The van der Waals surface area contributed by atoms with E-state index in [1.54, 1.807) is 6.07 Å². The molecule has 0 atom stereocenters. The number of alkyl halides is 1. The van der Waals surface area contributed by atoms with Crippen LogP contribution in [-0.2, 0) is 6.67 Å². The van der Waals surface area contributed by atoms with E-state index < -0.39 is 6.67 Å². The van der Waals surface area contributed by atoms with Gasteiger partial charge < -0.3 is 0 Å². The summed E-state index contributed by atoms with van der Waals surface area (Å²) < 4.78 is 13.5. The lowest BCUT2D eigenvalue weighted by molar-refractivity contribution is 0.484. The van der Waals surface area contributed by atoms with Gasteiger partial charge in [-0.25, -0.2) is 4.39 Å². The highest BCUT2D eigenvalue weighted by Gasteiger charge is 2.09. The Morgan fingerprint density at radius 2 is 1.69 bits per heavy atom. The molecule has 0 amide bonds. The van der Waals surface area contributed by atoms with Crippen LogP contribution in [0.2, 0.25) is 5.02 Å². The second kappa shape index (κ2) is 4.98. The van der Waals surface area contributed by atoms with Crippen molar-refractivity contribution in [1.82, 2.24) is 0 Å². The third-order valence-electron chi connectivity index (χ3n) is 2.39. The first-order valence-corrected chi connectivity index (χ1v) is 5.99. The van der Waals surface area contributed by atoms with Gasteiger partial charge in [0.1, 0.15) is 6.67 Å². The van der Waals surface area contributed by atoms with E-state index >= 15 is 0 Å². The van der Waals surface area contributed by atoms with Crippen LogP contribution in [0.5, 0.6) is 0 Å². The van der Waals surface area contributed by atoms with Crippen LogP contribution in [0, 0.1) is 0 Å². The molecule has 2 aromatic rings. The monoisotopic (exact) mass is 298 g/mol. The van der Waals surface area contributed by atoms with Crippen LogP contribution in [0.1, 0.15) is 5.56 Å². The first-order chi connectivity index (χ1) is 7.74. The minimum Gasteiger partial charge on any atom is -0.246 e. The topological polar surface area (TPSA) is 0 Å². The Kier molecular flexibility index (Phi) is 3.62. The molecule has 82 valence electrons. The molecule has 0 nitrogen and oxygen atoms in total. The molecule has 0 bridgehead atoms. The van der Waals surface area contributed by atoms with Crippen LogP contribution >= 0.6 is 27.5 Å². The Labute approximate surface area is 107 Å². The molecule has 0 saturated heterocycles. The molecule has 0 unspecified atom stereocenters. The van der Waals surface area contributed by atoms with Gasteiger partial charge in [0, 0.05) is 15.1 Å². The summed E-state index contributed by atoms with van der Waals surface area (Å²) >= 11 is 9.53. The van der Waals surface area contributed by atoms with Crippen LogP contribution in [0.3, 0.4) is 0 Å². The van der Waals surface area contributed by atoms with Crippen LogP contribution in [0.25, 0.3) is 11.1 Å². The SMILES string of the molecule is FCc1cccc(-c2ccccc2Cl)c1Br. The van der Waals surface area contributed by atoms with E-state index in [1.807, 2.05) is 36.4 Å². The van der Waals surface area contributed by atoms with Crippen LogP contribution in [0.4, 0.5) is 4.39 Å². The van der Waals surface area contributed by atoms with Crippen molar-refractivity contribution >= 4 is 27.5 Å². The van der Waals surface area contributed by atoms with Crippen molar-refractivity contribution in [2.45, 2.75) is 6.67 Å². The lowest BCUT2D eigenvalue weighted by Crippen LogP contribution is -1.86. The number of benzene rings is 2. The summed E-state index contributed by atoms with van der Waals surface area (Å²) in [6.07, 6.45) is 0. The molecule has 0 aromatic heterocycles. The second-order valence-corrected chi connectivity index (χ2v) is 4.59. The molecule has 0 aliphatic rings. The smallest absolute Gasteiger partial charge is 0.116 e. The zero-order chi connectivity index (χ0) is 11.5. The molecular formula is C13H9BrClF. The molecule has 0 radical (unpaired) electrons. The molecule has 0 fully saturated rings. The van der Waals surface area contributed by atoms with Crippen LogP contribution in [0.15, 0.2) is 46.9 Å². The van der Waals surface area contributed by atoms with Crippen LogP contribution in [-0.4, -0.2) is 0 Å². The lowest BCUT2D eigenvalue weighted by atomic mass is 10.0. The maximum Gasteiger partial charge on any atom is 0.116 e. The average Bonchev–Trinajstić information content (AvgIpc) is 2.31. The molecule has 0 N–H and O–H groups in total. The Balaban J connectivity index is 2.61. The molecular weight excluding hydrogens is 290 g/mol. The van der Waals surface area contributed by atoms with Gasteiger partial charge in [0.25, 0.3) is 0 Å². The average molecular weight is 300 g/mol. The summed E-state index contributed by atoms with van der Waals surface area (Å²) in [5.41, 5.74) is 2.46. The van der Waals surface area contributed by atoms with Gasteiger partial charge in [-0.2, -0.15) is 0 Å². The highest BCUT2D eigenvalue weighted by molar-refractivity contribution is 9.10. The summed E-state index contributed by atoms with van der Waals surface area (Å²) in [5.74, 6) is 0. The van der Waals surface area contributed by atoms with E-state index in [0.29, 0.717) is 10.6 Å². The van der Waals surface area contributed by atoms with E-state index in [2.05, 4.69) is 15.9 Å². The summed E-state index contributed by atoms with van der Waals surface area (Å²) in [5, 5.41) is 0.666. The van der Waals surface area contributed by atoms with Crippen LogP contribution < -0.4 is 0 Å². The Bertz CT molecular complexity index is 511. The minimum absolute atomic E-state index is 0.487. The van der Waals surface area contributed by atoms with Gasteiger partial charge in [-0.05, 0) is 33.1 Å². The number of halogens is 3. The number of hydrogen-bond acceptors (Lipinski definition) is 0. The predicted molar refractivity (Wildman–Crippen MR) is 69.4 cm³/mol. The highest BCUT2D eigenvalue weighted by Crippen LogP contribution is 2.35. The van der Waals surface area contributed by atoms with Crippen molar-refractivity contribution < 1.29 is 4.39 Å². The largest absolute Gasteiger partial charge is 0.246 e. The van der Waals surface area contributed by atoms with Gasteiger partial charge in [0.15, 0.2) is 0 Å². The Morgan fingerprint density at radius 3 is 2.38 bits per heavy atom. The number of hydrogen-bond donors (Lipinski definition) is 0. The summed E-state index contributed by atoms with van der Waals surface area (Å²) in [4.78, 5) is 0. The quantitative estimate of drug-likeness (QED) is 0.711. The lowest BCUT2D eigenvalue weighted by Gasteiger charge is -2.09. The number of rotatable bonds is 2. The van der Waals surface area contributed by atoms with Gasteiger partial charge in [0.05, 0.1) is 0 Å².